The maximum Gasteiger partial charge on any atom is 0.164 e. The van der Waals surface area contributed by atoms with E-state index in [1.54, 1.807) is 0 Å². The third-order valence-electron chi connectivity index (χ3n) is 9.92. The van der Waals surface area contributed by atoms with Gasteiger partial charge in [0, 0.05) is 32.8 Å². The highest BCUT2D eigenvalue weighted by atomic mass is 16.3. The van der Waals surface area contributed by atoms with Crippen LogP contribution in [0.2, 0.25) is 0 Å². The van der Waals surface area contributed by atoms with Gasteiger partial charge in [0.2, 0.25) is 0 Å². The smallest absolute Gasteiger partial charge is 0.164 e. The van der Waals surface area contributed by atoms with E-state index in [1.807, 2.05) is 42.5 Å². The zero-order chi connectivity index (χ0) is 35.1. The van der Waals surface area contributed by atoms with Crippen molar-refractivity contribution >= 4 is 32.7 Å². The zero-order valence-corrected chi connectivity index (χ0v) is 28.6. The Balaban J connectivity index is 1.15. The van der Waals surface area contributed by atoms with E-state index in [-0.39, 0.29) is 0 Å². The van der Waals surface area contributed by atoms with Gasteiger partial charge in [0.05, 0.1) is 0 Å². The van der Waals surface area contributed by atoms with E-state index in [1.165, 1.54) is 5.56 Å². The van der Waals surface area contributed by atoms with Crippen molar-refractivity contribution in [1.82, 2.24) is 15.0 Å². The minimum Gasteiger partial charge on any atom is -0.455 e. The standard InChI is InChI=1S/C49H31N3O/c1-4-14-32(15-5-1)33-26-28-36(29-27-33)48-50-47(35-18-8-3-9-19-35)51-49(52-48)39-22-12-20-37(30-39)42-31-38-21-13-24-40(34-16-6-2-7-17-34)44(38)46-45(42)41-23-10-11-25-43(41)53-46/h1-31H. The molecule has 0 saturated carbocycles. The minimum atomic E-state index is 0.614. The highest BCUT2D eigenvalue weighted by Crippen LogP contribution is 2.44. The van der Waals surface area contributed by atoms with Crippen LogP contribution in [0.4, 0.5) is 0 Å². The second-order valence-corrected chi connectivity index (χ2v) is 13.2. The van der Waals surface area contributed by atoms with Crippen LogP contribution in [-0.2, 0) is 0 Å². The molecule has 0 bridgehead atoms. The van der Waals surface area contributed by atoms with Gasteiger partial charge in [-0.15, -0.1) is 0 Å². The van der Waals surface area contributed by atoms with Crippen molar-refractivity contribution in [3.8, 4) is 67.5 Å². The van der Waals surface area contributed by atoms with Crippen molar-refractivity contribution in [1.29, 1.82) is 0 Å². The molecule has 2 heterocycles. The summed E-state index contributed by atoms with van der Waals surface area (Å²) in [5.41, 5.74) is 11.3. The lowest BCUT2D eigenvalue weighted by Gasteiger charge is -2.13. The Morgan fingerprint density at radius 2 is 0.830 bits per heavy atom. The van der Waals surface area contributed by atoms with Crippen LogP contribution in [0.1, 0.15) is 0 Å². The van der Waals surface area contributed by atoms with E-state index in [9.17, 15) is 0 Å². The molecular weight excluding hydrogens is 647 g/mol. The Bertz CT molecular complexity index is 2920. The fourth-order valence-corrected chi connectivity index (χ4v) is 7.37. The van der Waals surface area contributed by atoms with Gasteiger partial charge in [-0.3, -0.25) is 0 Å². The van der Waals surface area contributed by atoms with E-state index in [2.05, 4.69) is 146 Å². The summed E-state index contributed by atoms with van der Waals surface area (Å²) < 4.78 is 6.74. The molecule has 0 radical (unpaired) electrons. The molecule has 0 saturated heterocycles. The summed E-state index contributed by atoms with van der Waals surface area (Å²) in [7, 11) is 0. The first-order valence-corrected chi connectivity index (χ1v) is 17.8. The highest BCUT2D eigenvalue weighted by molar-refractivity contribution is 6.24. The van der Waals surface area contributed by atoms with Crippen LogP contribution in [0, 0.1) is 0 Å². The van der Waals surface area contributed by atoms with Crippen LogP contribution in [0.3, 0.4) is 0 Å². The third kappa shape index (κ3) is 5.54. The molecule has 0 aliphatic heterocycles. The summed E-state index contributed by atoms with van der Waals surface area (Å²) in [5, 5.41) is 4.40. The van der Waals surface area contributed by atoms with E-state index >= 15 is 0 Å². The van der Waals surface area contributed by atoms with E-state index in [0.717, 1.165) is 77.2 Å². The molecule has 0 amide bonds. The molecular formula is C49H31N3O. The number of para-hydroxylation sites is 1. The van der Waals surface area contributed by atoms with Crippen LogP contribution in [0.25, 0.3) is 100 Å². The normalized spacial score (nSPS) is 11.4. The summed E-state index contributed by atoms with van der Waals surface area (Å²) in [6.45, 7) is 0. The highest BCUT2D eigenvalue weighted by Gasteiger charge is 2.20. The Kier molecular flexibility index (Phi) is 7.43. The first-order chi connectivity index (χ1) is 26.3. The fraction of sp³-hybridized carbons (Fsp3) is 0. The topological polar surface area (TPSA) is 51.8 Å². The van der Waals surface area contributed by atoms with E-state index in [4.69, 9.17) is 19.4 Å². The van der Waals surface area contributed by atoms with Gasteiger partial charge in [-0.1, -0.05) is 170 Å². The van der Waals surface area contributed by atoms with Gasteiger partial charge in [0.1, 0.15) is 11.2 Å². The lowest BCUT2D eigenvalue weighted by atomic mass is 9.91. The molecule has 10 rings (SSSR count). The molecule has 0 unspecified atom stereocenters. The van der Waals surface area contributed by atoms with Crippen molar-refractivity contribution in [2.24, 2.45) is 0 Å². The average molecular weight is 678 g/mol. The van der Waals surface area contributed by atoms with Crippen LogP contribution in [0.5, 0.6) is 0 Å². The van der Waals surface area contributed by atoms with Crippen LogP contribution >= 0.6 is 0 Å². The maximum atomic E-state index is 6.74. The fourth-order valence-electron chi connectivity index (χ4n) is 7.37. The molecule has 53 heavy (non-hydrogen) atoms. The maximum absolute atomic E-state index is 6.74. The molecule has 0 spiro atoms. The van der Waals surface area contributed by atoms with Crippen molar-refractivity contribution in [3.05, 3.63) is 188 Å². The number of hydrogen-bond donors (Lipinski definition) is 0. The number of aromatic nitrogens is 3. The molecule has 0 atom stereocenters. The molecule has 248 valence electrons. The molecule has 10 aromatic rings. The minimum absolute atomic E-state index is 0.614. The molecule has 4 heteroatoms. The average Bonchev–Trinajstić information content (AvgIpc) is 3.64. The lowest BCUT2D eigenvalue weighted by Crippen LogP contribution is -2.00. The van der Waals surface area contributed by atoms with Gasteiger partial charge in [-0.25, -0.2) is 15.0 Å². The summed E-state index contributed by atoms with van der Waals surface area (Å²) in [6.07, 6.45) is 0. The molecule has 0 fully saturated rings. The first kappa shape index (κ1) is 30.6. The first-order valence-electron chi connectivity index (χ1n) is 17.8. The monoisotopic (exact) mass is 677 g/mol. The van der Waals surface area contributed by atoms with Crippen molar-refractivity contribution < 1.29 is 4.42 Å². The van der Waals surface area contributed by atoms with Gasteiger partial charge in [-0.05, 0) is 57.0 Å². The lowest BCUT2D eigenvalue weighted by molar-refractivity contribution is 0.673. The summed E-state index contributed by atoms with van der Waals surface area (Å²) in [6, 6.07) is 65.1. The predicted octanol–water partition coefficient (Wildman–Crippen LogP) is 12.9. The number of nitrogens with zero attached hydrogens (tertiary/aromatic N) is 3. The number of fused-ring (bicyclic) bond motifs is 5. The number of furan rings is 1. The molecule has 0 aliphatic carbocycles. The largest absolute Gasteiger partial charge is 0.455 e. The van der Waals surface area contributed by atoms with Gasteiger partial charge in [0.25, 0.3) is 0 Å². The van der Waals surface area contributed by atoms with E-state index < -0.39 is 0 Å². The van der Waals surface area contributed by atoms with Crippen molar-refractivity contribution in [2.45, 2.75) is 0 Å². The van der Waals surface area contributed by atoms with Gasteiger partial charge >= 0.3 is 0 Å². The second-order valence-electron chi connectivity index (χ2n) is 13.2. The van der Waals surface area contributed by atoms with Gasteiger partial charge < -0.3 is 4.42 Å². The third-order valence-corrected chi connectivity index (χ3v) is 9.92. The molecule has 8 aromatic carbocycles. The Labute approximate surface area is 306 Å². The quantitative estimate of drug-likeness (QED) is 0.176. The summed E-state index contributed by atoms with van der Waals surface area (Å²) in [4.78, 5) is 15.1. The Hall–Kier alpha value is -7.17. The Morgan fingerprint density at radius 3 is 1.55 bits per heavy atom. The number of rotatable bonds is 6. The van der Waals surface area contributed by atoms with Crippen LogP contribution in [-0.4, -0.2) is 15.0 Å². The van der Waals surface area contributed by atoms with Gasteiger partial charge in [0.15, 0.2) is 17.5 Å². The zero-order valence-electron chi connectivity index (χ0n) is 28.6. The summed E-state index contributed by atoms with van der Waals surface area (Å²) >= 11 is 0. The summed E-state index contributed by atoms with van der Waals surface area (Å²) in [5.74, 6) is 1.87. The SMILES string of the molecule is c1ccc(-c2ccc(-c3nc(-c4ccccc4)nc(-c4cccc(-c5cc6cccc(-c7ccccc7)c6c6oc7ccccc7c56)c4)n3)cc2)cc1. The van der Waals surface area contributed by atoms with Crippen LogP contribution in [0.15, 0.2) is 192 Å². The van der Waals surface area contributed by atoms with Gasteiger partial charge in [-0.2, -0.15) is 0 Å². The Morgan fingerprint density at radius 1 is 0.321 bits per heavy atom. The number of benzene rings is 8. The molecule has 0 aliphatic rings. The van der Waals surface area contributed by atoms with E-state index in [0.29, 0.717) is 17.5 Å². The number of hydrogen-bond acceptors (Lipinski definition) is 4. The molecule has 0 N–H and O–H groups in total. The van der Waals surface area contributed by atoms with Crippen LogP contribution < -0.4 is 0 Å². The van der Waals surface area contributed by atoms with Crippen molar-refractivity contribution in [3.63, 3.8) is 0 Å². The predicted molar refractivity (Wildman–Crippen MR) is 217 cm³/mol. The second kappa shape index (κ2) is 12.9. The molecule has 2 aromatic heterocycles. The van der Waals surface area contributed by atoms with Crippen molar-refractivity contribution in [2.75, 3.05) is 0 Å². The molecule has 4 nitrogen and oxygen atoms in total.